The quantitative estimate of drug-likeness (QED) is 0.473. The summed E-state index contributed by atoms with van der Waals surface area (Å²) in [6.07, 6.45) is 9.49. The van der Waals surface area contributed by atoms with Gasteiger partial charge in [0, 0.05) is 37.7 Å². The minimum absolute atomic E-state index is 0.00308. The number of likely N-dealkylation sites (tertiary alicyclic amines) is 1. The average molecular weight is 461 g/mol. The number of carbonyl (C=O) groups excluding carboxylic acids is 1. The van der Waals surface area contributed by atoms with Gasteiger partial charge in [-0.3, -0.25) is 9.69 Å². The average Bonchev–Trinajstić information content (AvgIpc) is 2.86. The zero-order valence-electron chi connectivity index (χ0n) is 20.3. The van der Waals surface area contributed by atoms with E-state index in [0.29, 0.717) is 5.92 Å². The molecule has 0 bridgehead atoms. The summed E-state index contributed by atoms with van der Waals surface area (Å²) in [6, 6.07) is 15.6. The summed E-state index contributed by atoms with van der Waals surface area (Å²) in [5.74, 6) is 1.62. The van der Waals surface area contributed by atoms with E-state index in [2.05, 4.69) is 29.7 Å². The number of hydrogen-bond donors (Lipinski definition) is 1. The summed E-state index contributed by atoms with van der Waals surface area (Å²) in [7, 11) is 3.64. The number of phenols is 1. The molecule has 0 spiro atoms. The van der Waals surface area contributed by atoms with E-state index in [1.165, 1.54) is 5.56 Å². The van der Waals surface area contributed by atoms with Crippen molar-refractivity contribution in [3.63, 3.8) is 0 Å². The van der Waals surface area contributed by atoms with Crippen molar-refractivity contribution in [3.05, 3.63) is 78.4 Å². The first kappa shape index (κ1) is 24.1. The van der Waals surface area contributed by atoms with Crippen LogP contribution < -0.4 is 4.74 Å². The normalized spacial score (nSPS) is 25.0. The smallest absolute Gasteiger partial charge is 0.246 e. The van der Waals surface area contributed by atoms with E-state index in [0.717, 1.165) is 56.6 Å². The first-order valence-corrected chi connectivity index (χ1v) is 12.2. The third kappa shape index (κ3) is 5.05. The second-order valence-electron chi connectivity index (χ2n) is 9.70. The predicted octanol–water partition coefficient (Wildman–Crippen LogP) is 4.87. The molecule has 1 saturated carbocycles. The number of phenolic OH excluding ortho intramolecular Hbond substituents is 1. The topological polar surface area (TPSA) is 53.0 Å². The van der Waals surface area contributed by atoms with Gasteiger partial charge in [0.05, 0.1) is 7.11 Å². The Labute approximate surface area is 203 Å². The van der Waals surface area contributed by atoms with Crippen LogP contribution in [0.15, 0.2) is 67.3 Å². The molecule has 1 saturated heterocycles. The lowest BCUT2D eigenvalue weighted by Crippen LogP contribution is -2.56. The van der Waals surface area contributed by atoms with Gasteiger partial charge in [0.1, 0.15) is 11.5 Å². The van der Waals surface area contributed by atoms with Gasteiger partial charge in [0.2, 0.25) is 5.91 Å². The van der Waals surface area contributed by atoms with Crippen LogP contribution in [0.25, 0.3) is 6.08 Å². The number of hydrogen-bond acceptors (Lipinski definition) is 4. The number of ether oxygens (including phenoxy) is 1. The molecule has 1 N–H and O–H groups in total. The largest absolute Gasteiger partial charge is 0.508 e. The number of amides is 1. The standard InChI is InChI=1S/C29H36N2O3/c1-4-16-31-17-15-29(23-8-6-10-27(19-23)34-3)20-25(13-12-24(29)21-31)30(2)28(33)14-11-22-7-5-9-26(32)18-22/h4-11,14,18-19,24-25,32H,1,12-13,15-17,20-21H2,2-3H3/b14-11+. The van der Waals surface area contributed by atoms with E-state index < -0.39 is 0 Å². The van der Waals surface area contributed by atoms with Gasteiger partial charge in [-0.05, 0) is 79.6 Å². The highest BCUT2D eigenvalue weighted by atomic mass is 16.5. The lowest BCUT2D eigenvalue weighted by Gasteiger charge is -2.54. The highest BCUT2D eigenvalue weighted by molar-refractivity contribution is 5.91. The first-order valence-electron chi connectivity index (χ1n) is 12.2. The third-order valence-electron chi connectivity index (χ3n) is 7.80. The van der Waals surface area contributed by atoms with Gasteiger partial charge in [-0.15, -0.1) is 6.58 Å². The van der Waals surface area contributed by atoms with Gasteiger partial charge < -0.3 is 14.7 Å². The van der Waals surface area contributed by atoms with Gasteiger partial charge in [0.15, 0.2) is 0 Å². The van der Waals surface area contributed by atoms with Crippen LogP contribution in [0, 0.1) is 5.92 Å². The summed E-state index contributed by atoms with van der Waals surface area (Å²) < 4.78 is 5.56. The van der Waals surface area contributed by atoms with Gasteiger partial charge in [-0.2, -0.15) is 0 Å². The van der Waals surface area contributed by atoms with Crippen LogP contribution in [-0.4, -0.2) is 60.6 Å². The van der Waals surface area contributed by atoms with Crippen LogP contribution in [0.1, 0.15) is 36.8 Å². The lowest BCUT2D eigenvalue weighted by atomic mass is 9.57. The van der Waals surface area contributed by atoms with Crippen molar-refractivity contribution in [1.82, 2.24) is 9.80 Å². The van der Waals surface area contributed by atoms with Crippen molar-refractivity contribution in [2.24, 2.45) is 5.92 Å². The number of benzene rings is 2. The number of methoxy groups -OCH3 is 1. The zero-order valence-corrected chi connectivity index (χ0v) is 20.3. The number of carbonyl (C=O) groups is 1. The maximum absolute atomic E-state index is 13.1. The maximum Gasteiger partial charge on any atom is 0.246 e. The van der Waals surface area contributed by atoms with Crippen LogP contribution >= 0.6 is 0 Å². The molecule has 1 heterocycles. The van der Waals surface area contributed by atoms with Crippen molar-refractivity contribution in [3.8, 4) is 11.5 Å². The SMILES string of the molecule is C=CCN1CCC2(c3cccc(OC)c3)CC(N(C)C(=O)/C=C/c3cccc(O)c3)CCC2C1. The molecule has 1 aliphatic heterocycles. The van der Waals surface area contributed by atoms with Crippen LogP contribution in [0.2, 0.25) is 0 Å². The van der Waals surface area contributed by atoms with Gasteiger partial charge in [-0.25, -0.2) is 0 Å². The fourth-order valence-corrected chi connectivity index (χ4v) is 5.89. The highest BCUT2D eigenvalue weighted by Gasteiger charge is 2.49. The highest BCUT2D eigenvalue weighted by Crippen LogP contribution is 2.50. The monoisotopic (exact) mass is 460 g/mol. The molecule has 4 rings (SSSR count). The molecule has 2 aliphatic rings. The molecule has 3 atom stereocenters. The number of fused-ring (bicyclic) bond motifs is 1. The van der Waals surface area contributed by atoms with Gasteiger partial charge >= 0.3 is 0 Å². The number of rotatable bonds is 7. The second-order valence-corrected chi connectivity index (χ2v) is 9.70. The molecule has 180 valence electrons. The van der Waals surface area contributed by atoms with Crippen molar-refractivity contribution < 1.29 is 14.6 Å². The summed E-state index contributed by atoms with van der Waals surface area (Å²) in [5, 5.41) is 9.68. The fraction of sp³-hybridized carbons (Fsp3) is 0.414. The third-order valence-corrected chi connectivity index (χ3v) is 7.80. The Morgan fingerprint density at radius 3 is 2.85 bits per heavy atom. The molecule has 0 radical (unpaired) electrons. The lowest BCUT2D eigenvalue weighted by molar-refractivity contribution is -0.128. The molecule has 3 unspecified atom stereocenters. The fourth-order valence-electron chi connectivity index (χ4n) is 5.89. The molecular formula is C29H36N2O3. The predicted molar refractivity (Wildman–Crippen MR) is 137 cm³/mol. The Hall–Kier alpha value is -3.05. The first-order chi connectivity index (χ1) is 16.4. The molecule has 2 aromatic carbocycles. The van der Waals surface area contributed by atoms with E-state index in [4.69, 9.17) is 4.74 Å². The van der Waals surface area contributed by atoms with Crippen LogP contribution in [0.4, 0.5) is 0 Å². The molecule has 2 aromatic rings. The van der Waals surface area contributed by atoms with Crippen LogP contribution in [0.3, 0.4) is 0 Å². The Balaban J connectivity index is 1.56. The molecule has 5 nitrogen and oxygen atoms in total. The molecular weight excluding hydrogens is 424 g/mol. The van der Waals surface area contributed by atoms with Crippen molar-refractivity contribution in [2.45, 2.75) is 37.1 Å². The molecule has 34 heavy (non-hydrogen) atoms. The van der Waals surface area contributed by atoms with E-state index >= 15 is 0 Å². The minimum Gasteiger partial charge on any atom is -0.508 e. The molecule has 1 amide bonds. The Morgan fingerprint density at radius 2 is 2.09 bits per heavy atom. The van der Waals surface area contributed by atoms with E-state index in [1.54, 1.807) is 37.5 Å². The second kappa shape index (κ2) is 10.5. The van der Waals surface area contributed by atoms with Gasteiger partial charge in [0.25, 0.3) is 0 Å². The van der Waals surface area contributed by atoms with Gasteiger partial charge in [-0.1, -0.05) is 30.3 Å². The van der Waals surface area contributed by atoms with E-state index in [-0.39, 0.29) is 23.1 Å². The maximum atomic E-state index is 13.1. The van der Waals surface area contributed by atoms with Crippen LogP contribution in [-0.2, 0) is 10.2 Å². The molecule has 5 heteroatoms. The summed E-state index contributed by atoms with van der Waals surface area (Å²) in [5.41, 5.74) is 2.17. The molecule has 2 fully saturated rings. The summed E-state index contributed by atoms with van der Waals surface area (Å²) >= 11 is 0. The summed E-state index contributed by atoms with van der Waals surface area (Å²) in [4.78, 5) is 17.5. The van der Waals surface area contributed by atoms with E-state index in [1.807, 2.05) is 30.2 Å². The number of aromatic hydroxyl groups is 1. The Bertz CT molecular complexity index is 1050. The Morgan fingerprint density at radius 1 is 1.26 bits per heavy atom. The number of piperidine rings is 1. The van der Waals surface area contributed by atoms with Crippen LogP contribution in [0.5, 0.6) is 11.5 Å². The van der Waals surface area contributed by atoms with Crippen molar-refractivity contribution >= 4 is 12.0 Å². The van der Waals surface area contributed by atoms with Crippen molar-refractivity contribution in [2.75, 3.05) is 33.8 Å². The minimum atomic E-state index is -0.00308. The summed E-state index contributed by atoms with van der Waals surface area (Å²) in [6.45, 7) is 6.95. The van der Waals surface area contributed by atoms with Crippen molar-refractivity contribution in [1.29, 1.82) is 0 Å². The molecule has 0 aromatic heterocycles. The Kier molecular flexibility index (Phi) is 7.42. The number of nitrogens with zero attached hydrogens (tertiary/aromatic N) is 2. The number of likely N-dealkylation sites (N-methyl/N-ethyl adjacent to an activating group) is 1. The molecule has 1 aliphatic carbocycles. The van der Waals surface area contributed by atoms with E-state index in [9.17, 15) is 9.90 Å². The zero-order chi connectivity index (χ0) is 24.1.